The topological polar surface area (TPSA) is 72.5 Å². The van der Waals surface area contributed by atoms with Crippen molar-refractivity contribution in [2.75, 3.05) is 12.4 Å². The van der Waals surface area contributed by atoms with E-state index in [0.717, 1.165) is 0 Å². The predicted molar refractivity (Wildman–Crippen MR) is 66.3 cm³/mol. The van der Waals surface area contributed by atoms with E-state index in [1.54, 1.807) is 24.3 Å². The first-order chi connectivity index (χ1) is 8.52. The van der Waals surface area contributed by atoms with Crippen LogP contribution < -0.4 is 5.32 Å². The van der Waals surface area contributed by atoms with Gasteiger partial charge in [-0.3, -0.25) is 14.4 Å². The third-order valence-electron chi connectivity index (χ3n) is 2.36. The molecule has 18 heavy (non-hydrogen) atoms. The van der Waals surface area contributed by atoms with E-state index in [1.165, 1.54) is 14.0 Å². The molecular weight excluding hydrogens is 234 g/mol. The number of hydrogen-bond donors (Lipinski definition) is 1. The summed E-state index contributed by atoms with van der Waals surface area (Å²) in [5, 5.41) is 2.63. The fourth-order valence-corrected chi connectivity index (χ4v) is 1.33. The van der Waals surface area contributed by atoms with Gasteiger partial charge < -0.3 is 10.1 Å². The molecule has 1 amide bonds. The Morgan fingerprint density at radius 1 is 1.11 bits per heavy atom. The summed E-state index contributed by atoms with van der Waals surface area (Å²) in [6.07, 6.45) is 0.120. The monoisotopic (exact) mass is 249 g/mol. The number of carbonyl (C=O) groups is 3. The molecule has 0 bridgehead atoms. The second-order valence-corrected chi connectivity index (χ2v) is 3.76. The van der Waals surface area contributed by atoms with Crippen LogP contribution in [0.25, 0.3) is 0 Å². The summed E-state index contributed by atoms with van der Waals surface area (Å²) < 4.78 is 4.44. The molecule has 1 rings (SSSR count). The van der Waals surface area contributed by atoms with Gasteiger partial charge >= 0.3 is 5.97 Å². The summed E-state index contributed by atoms with van der Waals surface area (Å²) in [6, 6.07) is 6.57. The minimum Gasteiger partial charge on any atom is -0.469 e. The molecule has 0 atom stereocenters. The van der Waals surface area contributed by atoms with Gasteiger partial charge in [-0.2, -0.15) is 0 Å². The number of methoxy groups -OCH3 is 1. The minimum atomic E-state index is -0.419. The highest BCUT2D eigenvalue weighted by atomic mass is 16.5. The Balaban J connectivity index is 2.49. The molecule has 1 aromatic rings. The van der Waals surface area contributed by atoms with E-state index in [1.807, 2.05) is 0 Å². The minimum absolute atomic E-state index is 0.0291. The fraction of sp³-hybridized carbons (Fsp3) is 0.308. The molecule has 0 aliphatic heterocycles. The Morgan fingerprint density at radius 2 is 1.72 bits per heavy atom. The molecule has 1 aromatic carbocycles. The molecule has 5 nitrogen and oxygen atoms in total. The van der Waals surface area contributed by atoms with Crippen LogP contribution in [0.1, 0.15) is 30.1 Å². The Hall–Kier alpha value is -2.17. The zero-order chi connectivity index (χ0) is 13.5. The Morgan fingerprint density at radius 3 is 2.22 bits per heavy atom. The number of ketones is 1. The molecule has 0 aliphatic rings. The summed E-state index contributed by atoms with van der Waals surface area (Å²) >= 11 is 0. The lowest BCUT2D eigenvalue weighted by Crippen LogP contribution is -2.13. The first kappa shape index (κ1) is 13.9. The van der Waals surface area contributed by atoms with Crippen molar-refractivity contribution < 1.29 is 19.1 Å². The molecule has 96 valence electrons. The van der Waals surface area contributed by atoms with Crippen LogP contribution >= 0.6 is 0 Å². The molecule has 0 spiro atoms. The second kappa shape index (κ2) is 6.54. The number of hydrogen-bond acceptors (Lipinski definition) is 4. The van der Waals surface area contributed by atoms with Gasteiger partial charge in [0.15, 0.2) is 5.78 Å². The lowest BCUT2D eigenvalue weighted by Gasteiger charge is -2.05. The smallest absolute Gasteiger partial charge is 0.306 e. The van der Waals surface area contributed by atoms with Crippen LogP contribution in [0.2, 0.25) is 0 Å². The van der Waals surface area contributed by atoms with Gasteiger partial charge in [0.05, 0.1) is 13.5 Å². The van der Waals surface area contributed by atoms with E-state index >= 15 is 0 Å². The van der Waals surface area contributed by atoms with Crippen molar-refractivity contribution in [1.82, 2.24) is 0 Å². The zero-order valence-electron chi connectivity index (χ0n) is 10.4. The van der Waals surface area contributed by atoms with Crippen LogP contribution in [0.3, 0.4) is 0 Å². The predicted octanol–water partition coefficient (Wildman–Crippen LogP) is 1.78. The number of anilines is 1. The van der Waals surface area contributed by atoms with Crippen molar-refractivity contribution in [1.29, 1.82) is 0 Å². The molecule has 0 saturated carbocycles. The molecule has 0 radical (unpaired) electrons. The quantitative estimate of drug-likeness (QED) is 0.637. The number of amides is 1. The maximum Gasteiger partial charge on any atom is 0.306 e. The van der Waals surface area contributed by atoms with E-state index < -0.39 is 5.97 Å². The third kappa shape index (κ3) is 4.37. The van der Waals surface area contributed by atoms with Crippen molar-refractivity contribution in [3.8, 4) is 0 Å². The average molecular weight is 249 g/mol. The van der Waals surface area contributed by atoms with Crippen LogP contribution in [0.15, 0.2) is 24.3 Å². The molecule has 0 fully saturated rings. The van der Waals surface area contributed by atoms with Crippen molar-refractivity contribution in [3.63, 3.8) is 0 Å². The van der Waals surface area contributed by atoms with Crippen molar-refractivity contribution in [2.45, 2.75) is 19.8 Å². The highest BCUT2D eigenvalue weighted by molar-refractivity contribution is 5.96. The van der Waals surface area contributed by atoms with Gasteiger partial charge in [-0.25, -0.2) is 0 Å². The van der Waals surface area contributed by atoms with Crippen LogP contribution in [0.4, 0.5) is 5.69 Å². The lowest BCUT2D eigenvalue weighted by molar-refractivity contribution is -0.141. The largest absolute Gasteiger partial charge is 0.469 e. The van der Waals surface area contributed by atoms with E-state index in [4.69, 9.17) is 0 Å². The Labute approximate surface area is 105 Å². The zero-order valence-corrected chi connectivity index (χ0v) is 10.4. The molecule has 1 N–H and O–H groups in total. The second-order valence-electron chi connectivity index (χ2n) is 3.76. The maximum atomic E-state index is 11.5. The SMILES string of the molecule is COC(=O)CCC(=O)Nc1ccc(C(C)=O)cc1. The van der Waals surface area contributed by atoms with Gasteiger partial charge in [-0.15, -0.1) is 0 Å². The molecule has 0 aromatic heterocycles. The Kier molecular flexibility index (Phi) is 5.05. The molecule has 0 unspecified atom stereocenters. The number of Topliss-reactive ketones (excluding diaryl/α,β-unsaturated/α-hetero) is 1. The van der Waals surface area contributed by atoms with Gasteiger partial charge in [0.2, 0.25) is 5.91 Å². The summed E-state index contributed by atoms with van der Waals surface area (Å²) in [5.41, 5.74) is 1.18. The van der Waals surface area contributed by atoms with Crippen molar-refractivity contribution in [3.05, 3.63) is 29.8 Å². The normalized spacial score (nSPS) is 9.67. The molecule has 0 heterocycles. The maximum absolute atomic E-state index is 11.5. The highest BCUT2D eigenvalue weighted by Gasteiger charge is 2.07. The van der Waals surface area contributed by atoms with E-state index in [-0.39, 0.29) is 24.5 Å². The summed E-state index contributed by atoms with van der Waals surface area (Å²) in [7, 11) is 1.28. The number of benzene rings is 1. The van der Waals surface area contributed by atoms with Crippen LogP contribution in [-0.4, -0.2) is 24.8 Å². The number of ether oxygens (including phenoxy) is 1. The van der Waals surface area contributed by atoms with E-state index in [2.05, 4.69) is 10.1 Å². The Bertz CT molecular complexity index is 451. The first-order valence-electron chi connectivity index (χ1n) is 5.50. The number of nitrogens with one attached hydrogen (secondary N) is 1. The first-order valence-corrected chi connectivity index (χ1v) is 5.50. The van der Waals surface area contributed by atoms with Gasteiger partial charge in [0.1, 0.15) is 0 Å². The van der Waals surface area contributed by atoms with Gasteiger partial charge in [0, 0.05) is 17.7 Å². The number of carbonyl (C=O) groups excluding carboxylic acids is 3. The van der Waals surface area contributed by atoms with Crippen LogP contribution in [-0.2, 0) is 14.3 Å². The fourth-order valence-electron chi connectivity index (χ4n) is 1.33. The summed E-state index contributed by atoms with van der Waals surface area (Å²) in [5.74, 6) is -0.716. The lowest BCUT2D eigenvalue weighted by atomic mass is 10.1. The van der Waals surface area contributed by atoms with Crippen LogP contribution in [0.5, 0.6) is 0 Å². The number of esters is 1. The van der Waals surface area contributed by atoms with Crippen LogP contribution in [0, 0.1) is 0 Å². The van der Waals surface area contributed by atoms with Gasteiger partial charge in [-0.1, -0.05) is 0 Å². The van der Waals surface area contributed by atoms with Crippen molar-refractivity contribution >= 4 is 23.3 Å². The summed E-state index contributed by atoms with van der Waals surface area (Å²) in [4.78, 5) is 33.4. The van der Waals surface area contributed by atoms with E-state index in [0.29, 0.717) is 11.3 Å². The average Bonchev–Trinajstić information content (AvgIpc) is 2.36. The van der Waals surface area contributed by atoms with E-state index in [9.17, 15) is 14.4 Å². The number of rotatable bonds is 5. The van der Waals surface area contributed by atoms with Gasteiger partial charge in [-0.05, 0) is 31.2 Å². The molecular formula is C13H15NO4. The summed E-state index contributed by atoms with van der Waals surface area (Å²) in [6.45, 7) is 1.48. The third-order valence-corrected chi connectivity index (χ3v) is 2.36. The van der Waals surface area contributed by atoms with Gasteiger partial charge in [0.25, 0.3) is 0 Å². The standard InChI is InChI=1S/C13H15NO4/c1-9(15)10-3-5-11(6-4-10)14-12(16)7-8-13(17)18-2/h3-6H,7-8H2,1-2H3,(H,14,16). The highest BCUT2D eigenvalue weighted by Crippen LogP contribution is 2.10. The molecule has 5 heteroatoms. The molecule has 0 saturated heterocycles. The van der Waals surface area contributed by atoms with Crippen molar-refractivity contribution in [2.24, 2.45) is 0 Å². The molecule has 0 aliphatic carbocycles.